The number of Topliss-reactive ketones (excluding diaryl/α,β-unsaturated/α-hetero) is 1. The molecular weight excluding hydrogens is 520 g/mol. The fourth-order valence-electron chi connectivity index (χ4n) is 3.60. The van der Waals surface area contributed by atoms with Crippen LogP contribution in [0.3, 0.4) is 0 Å². The van der Waals surface area contributed by atoms with Crippen LogP contribution in [0.25, 0.3) is 11.4 Å². The lowest BCUT2D eigenvalue weighted by Gasteiger charge is -2.22. The van der Waals surface area contributed by atoms with Crippen LogP contribution in [0.1, 0.15) is 40.8 Å². The van der Waals surface area contributed by atoms with Crippen molar-refractivity contribution in [2.24, 2.45) is 5.41 Å². The second kappa shape index (κ2) is 10.0. The standard InChI is InChI=1S/C25H25ClN4O4S2/c1-25(2,3)24(34)30-22(28(4)12-17-5-6-21(26)36-17)11-18(27-30)19-9-16(31)10-23(33)29(19)13-20(32)15-7-8-35-14-15/h5-11,14,31H,12-13H2,1-4H3. The summed E-state index contributed by atoms with van der Waals surface area (Å²) in [5.41, 5.74) is -0.274. The van der Waals surface area contributed by atoms with E-state index >= 15 is 0 Å². The number of carbonyl (C=O) groups excluding carboxylic acids is 2. The van der Waals surface area contributed by atoms with E-state index in [0.29, 0.717) is 22.3 Å². The van der Waals surface area contributed by atoms with Crippen molar-refractivity contribution in [2.75, 3.05) is 11.9 Å². The van der Waals surface area contributed by atoms with Gasteiger partial charge >= 0.3 is 0 Å². The number of nitrogens with zero attached hydrogens (tertiary/aromatic N) is 4. The minimum absolute atomic E-state index is 0.232. The predicted molar refractivity (Wildman–Crippen MR) is 144 cm³/mol. The van der Waals surface area contributed by atoms with Crippen LogP contribution in [0, 0.1) is 5.41 Å². The Bertz CT molecular complexity index is 1480. The second-order valence-corrected chi connectivity index (χ2v) is 12.0. The number of ketones is 1. The molecule has 4 aromatic rings. The molecule has 4 rings (SSSR count). The van der Waals surface area contributed by atoms with E-state index in [1.54, 1.807) is 43.7 Å². The Kier molecular flexibility index (Phi) is 7.21. The summed E-state index contributed by atoms with van der Waals surface area (Å²) in [6.45, 7) is 5.63. The Hall–Kier alpha value is -3.21. The van der Waals surface area contributed by atoms with E-state index in [1.165, 1.54) is 38.0 Å². The van der Waals surface area contributed by atoms with Gasteiger partial charge in [-0.1, -0.05) is 32.4 Å². The third-order valence-corrected chi connectivity index (χ3v) is 7.36. The van der Waals surface area contributed by atoms with Crippen molar-refractivity contribution in [3.8, 4) is 17.1 Å². The van der Waals surface area contributed by atoms with Gasteiger partial charge in [0.2, 0.25) is 0 Å². The van der Waals surface area contributed by atoms with Crippen LogP contribution in [-0.2, 0) is 13.1 Å². The molecule has 0 saturated carbocycles. The molecule has 0 aliphatic heterocycles. The van der Waals surface area contributed by atoms with E-state index in [0.717, 1.165) is 10.9 Å². The molecule has 0 fully saturated rings. The van der Waals surface area contributed by atoms with Crippen LogP contribution in [0.5, 0.6) is 5.75 Å². The fraction of sp³-hybridized carbons (Fsp3) is 0.280. The number of halogens is 1. The van der Waals surface area contributed by atoms with Crippen LogP contribution in [0.15, 0.2) is 52.0 Å². The highest BCUT2D eigenvalue weighted by Crippen LogP contribution is 2.30. The molecular formula is C25H25ClN4O4S2. The maximum absolute atomic E-state index is 13.3. The molecule has 0 radical (unpaired) electrons. The number of anilines is 1. The van der Waals surface area contributed by atoms with Crippen molar-refractivity contribution in [1.82, 2.24) is 14.3 Å². The second-order valence-electron chi connectivity index (χ2n) is 9.37. The zero-order valence-corrected chi connectivity index (χ0v) is 22.6. The van der Waals surface area contributed by atoms with Gasteiger partial charge in [-0.25, -0.2) is 0 Å². The van der Waals surface area contributed by atoms with E-state index in [-0.39, 0.29) is 35.4 Å². The van der Waals surface area contributed by atoms with Gasteiger partial charge in [-0.05, 0) is 23.6 Å². The van der Waals surface area contributed by atoms with Crippen LogP contribution < -0.4 is 10.5 Å². The van der Waals surface area contributed by atoms with Gasteiger partial charge in [0, 0.05) is 46.5 Å². The molecule has 0 aliphatic rings. The minimum atomic E-state index is -0.738. The first-order valence-electron chi connectivity index (χ1n) is 11.0. The summed E-state index contributed by atoms with van der Waals surface area (Å²) < 4.78 is 3.23. The first kappa shape index (κ1) is 25.9. The van der Waals surface area contributed by atoms with Crippen LogP contribution in [0.4, 0.5) is 5.82 Å². The number of carbonyl (C=O) groups is 2. The largest absolute Gasteiger partial charge is 0.508 e. The summed E-state index contributed by atoms with van der Waals surface area (Å²) in [5, 5.41) is 18.3. The summed E-state index contributed by atoms with van der Waals surface area (Å²) in [6, 6.07) is 9.53. The first-order chi connectivity index (χ1) is 16.9. The number of hydrogen-bond donors (Lipinski definition) is 1. The number of hydrogen-bond acceptors (Lipinski definition) is 8. The Labute approximate surface area is 221 Å². The predicted octanol–water partition coefficient (Wildman–Crippen LogP) is 5.40. The zero-order chi connectivity index (χ0) is 26.2. The molecule has 1 N–H and O–H groups in total. The molecule has 0 saturated heterocycles. The summed E-state index contributed by atoms with van der Waals surface area (Å²) in [7, 11) is 1.83. The average Bonchev–Trinajstić information content (AvgIpc) is 3.55. The topological polar surface area (TPSA) is 97.4 Å². The number of thiophene rings is 2. The monoisotopic (exact) mass is 544 g/mol. The molecule has 0 unspecified atom stereocenters. The molecule has 0 amide bonds. The molecule has 0 atom stereocenters. The summed E-state index contributed by atoms with van der Waals surface area (Å²) in [6.07, 6.45) is 0. The zero-order valence-electron chi connectivity index (χ0n) is 20.2. The van der Waals surface area contributed by atoms with Crippen molar-refractivity contribution in [1.29, 1.82) is 0 Å². The Balaban J connectivity index is 1.81. The third kappa shape index (κ3) is 5.45. The quantitative estimate of drug-likeness (QED) is 0.313. The molecule has 11 heteroatoms. The van der Waals surface area contributed by atoms with Gasteiger partial charge in [-0.3, -0.25) is 19.0 Å². The SMILES string of the molecule is CN(Cc1ccc(Cl)s1)c1cc(-c2cc(O)cc(=O)n2CC(=O)c2ccsc2)nn1C(=O)C(C)(C)C. The maximum atomic E-state index is 13.3. The van der Waals surface area contributed by atoms with Crippen LogP contribution in [-0.4, -0.2) is 38.2 Å². The minimum Gasteiger partial charge on any atom is -0.508 e. The third-order valence-electron chi connectivity index (χ3n) is 5.46. The Morgan fingerprint density at radius 3 is 2.53 bits per heavy atom. The lowest BCUT2D eigenvalue weighted by atomic mass is 9.96. The van der Waals surface area contributed by atoms with Crippen molar-refractivity contribution in [2.45, 2.75) is 33.9 Å². The fourth-order valence-corrected chi connectivity index (χ4v) is 5.40. The summed E-state index contributed by atoms with van der Waals surface area (Å²) in [5.74, 6) is -0.249. The molecule has 0 spiro atoms. The van der Waals surface area contributed by atoms with Crippen molar-refractivity contribution in [3.05, 3.63) is 72.3 Å². The van der Waals surface area contributed by atoms with E-state index in [2.05, 4.69) is 5.10 Å². The van der Waals surface area contributed by atoms with Gasteiger partial charge in [0.15, 0.2) is 5.78 Å². The van der Waals surface area contributed by atoms with Gasteiger partial charge in [-0.15, -0.1) is 11.3 Å². The maximum Gasteiger partial charge on any atom is 0.255 e. The smallest absolute Gasteiger partial charge is 0.255 e. The number of rotatable bonds is 7. The normalized spacial score (nSPS) is 11.6. The van der Waals surface area contributed by atoms with E-state index in [4.69, 9.17) is 11.6 Å². The van der Waals surface area contributed by atoms with Crippen LogP contribution >= 0.6 is 34.3 Å². The number of pyridine rings is 1. The van der Waals surface area contributed by atoms with Gasteiger partial charge in [0.25, 0.3) is 11.5 Å². The molecule has 0 aliphatic carbocycles. The molecule has 4 aromatic heterocycles. The lowest BCUT2D eigenvalue weighted by Crippen LogP contribution is -2.31. The highest BCUT2D eigenvalue weighted by Gasteiger charge is 2.29. The highest BCUT2D eigenvalue weighted by molar-refractivity contribution is 7.16. The summed E-state index contributed by atoms with van der Waals surface area (Å²) >= 11 is 8.91. The van der Waals surface area contributed by atoms with E-state index in [1.807, 2.05) is 24.1 Å². The van der Waals surface area contributed by atoms with Gasteiger partial charge in [0.1, 0.15) is 17.3 Å². The molecule has 0 aromatic carbocycles. The molecule has 8 nitrogen and oxygen atoms in total. The summed E-state index contributed by atoms with van der Waals surface area (Å²) in [4.78, 5) is 41.8. The number of aromatic nitrogens is 3. The van der Waals surface area contributed by atoms with Crippen molar-refractivity contribution in [3.63, 3.8) is 0 Å². The highest BCUT2D eigenvalue weighted by atomic mass is 35.5. The van der Waals surface area contributed by atoms with E-state index < -0.39 is 11.0 Å². The molecule has 4 heterocycles. The lowest BCUT2D eigenvalue weighted by molar-refractivity contribution is 0.0751. The Morgan fingerprint density at radius 1 is 1.17 bits per heavy atom. The van der Waals surface area contributed by atoms with Crippen molar-refractivity contribution < 1.29 is 14.7 Å². The Morgan fingerprint density at radius 2 is 1.92 bits per heavy atom. The molecule has 36 heavy (non-hydrogen) atoms. The molecule has 188 valence electrons. The van der Waals surface area contributed by atoms with Gasteiger partial charge in [-0.2, -0.15) is 21.1 Å². The number of aromatic hydroxyl groups is 1. The van der Waals surface area contributed by atoms with Gasteiger partial charge < -0.3 is 10.0 Å². The van der Waals surface area contributed by atoms with Crippen LogP contribution in [0.2, 0.25) is 4.34 Å². The average molecular weight is 545 g/mol. The molecule has 0 bridgehead atoms. The first-order valence-corrected chi connectivity index (χ1v) is 13.2. The van der Waals surface area contributed by atoms with E-state index in [9.17, 15) is 19.5 Å². The van der Waals surface area contributed by atoms with Crippen molar-refractivity contribution >= 4 is 51.8 Å². The van der Waals surface area contributed by atoms with Gasteiger partial charge in [0.05, 0.1) is 23.1 Å².